The molecule has 1 heterocycles. The first-order valence-corrected chi connectivity index (χ1v) is 9.19. The molecule has 2 aromatic rings. The molecule has 0 bridgehead atoms. The van der Waals surface area contributed by atoms with Crippen LogP contribution >= 0.6 is 23.8 Å². The molecule has 2 atom stereocenters. The highest BCUT2D eigenvalue weighted by Gasteiger charge is 2.37. The van der Waals surface area contributed by atoms with Crippen LogP contribution < -0.4 is 16.0 Å². The van der Waals surface area contributed by atoms with E-state index in [-0.39, 0.29) is 11.5 Å². The van der Waals surface area contributed by atoms with Crippen molar-refractivity contribution in [2.45, 2.75) is 6.04 Å². The molecule has 0 spiro atoms. The van der Waals surface area contributed by atoms with Gasteiger partial charge < -0.3 is 20.7 Å². The maximum absolute atomic E-state index is 13.1. The highest BCUT2D eigenvalue weighted by molar-refractivity contribution is 7.80. The number of methoxy groups -OCH3 is 1. The van der Waals surface area contributed by atoms with E-state index in [1.807, 2.05) is 12.1 Å². The molecule has 2 aromatic carbocycles. The quantitative estimate of drug-likeness (QED) is 0.524. The third-order valence-corrected chi connectivity index (χ3v) is 4.84. The van der Waals surface area contributed by atoms with Gasteiger partial charge in [-0.1, -0.05) is 42.4 Å². The van der Waals surface area contributed by atoms with Crippen molar-refractivity contribution >= 4 is 46.5 Å². The van der Waals surface area contributed by atoms with Crippen molar-refractivity contribution in [2.75, 3.05) is 12.4 Å². The lowest BCUT2D eigenvalue weighted by atomic mass is 9.88. The summed E-state index contributed by atoms with van der Waals surface area (Å²) in [6, 6.07) is 13.3. The number of amides is 1. The number of hydrogen-bond donors (Lipinski definition) is 3. The number of rotatable bonds is 4. The summed E-state index contributed by atoms with van der Waals surface area (Å²) in [5, 5.41) is 9.79. The van der Waals surface area contributed by atoms with Crippen LogP contribution in [-0.2, 0) is 9.53 Å². The Hall–Kier alpha value is -2.90. The zero-order valence-electron chi connectivity index (χ0n) is 15.0. The van der Waals surface area contributed by atoms with Crippen molar-refractivity contribution in [1.29, 1.82) is 0 Å². The Labute approximate surface area is 172 Å². The zero-order chi connectivity index (χ0) is 20.3. The Morgan fingerprint density at radius 3 is 2.54 bits per heavy atom. The highest BCUT2D eigenvalue weighted by atomic mass is 35.5. The van der Waals surface area contributed by atoms with Crippen LogP contribution in [0.15, 0.2) is 60.8 Å². The molecule has 3 rings (SSSR count). The van der Waals surface area contributed by atoms with E-state index in [2.05, 4.69) is 22.5 Å². The molecular weight excluding hydrogens is 398 g/mol. The fourth-order valence-corrected chi connectivity index (χ4v) is 3.42. The number of para-hydroxylation sites is 1. The number of hydrogen-bond acceptors (Lipinski definition) is 4. The monoisotopic (exact) mass is 415 g/mol. The second-order valence-corrected chi connectivity index (χ2v) is 7.00. The Morgan fingerprint density at radius 1 is 1.18 bits per heavy atom. The number of anilines is 1. The number of esters is 1. The average molecular weight is 416 g/mol. The molecule has 0 radical (unpaired) electrons. The van der Waals surface area contributed by atoms with Crippen molar-refractivity contribution < 1.29 is 14.3 Å². The van der Waals surface area contributed by atoms with E-state index in [0.717, 1.165) is 5.56 Å². The van der Waals surface area contributed by atoms with Gasteiger partial charge in [-0.15, -0.1) is 0 Å². The molecule has 0 aliphatic carbocycles. The Kier molecular flexibility index (Phi) is 5.96. The van der Waals surface area contributed by atoms with E-state index >= 15 is 0 Å². The van der Waals surface area contributed by atoms with Crippen LogP contribution in [0.3, 0.4) is 0 Å². The van der Waals surface area contributed by atoms with Gasteiger partial charge in [0.05, 0.1) is 24.4 Å². The van der Waals surface area contributed by atoms with E-state index in [0.29, 0.717) is 21.5 Å². The van der Waals surface area contributed by atoms with Crippen molar-refractivity contribution in [1.82, 2.24) is 10.6 Å². The second-order valence-electron chi connectivity index (χ2n) is 6.16. The molecule has 0 unspecified atom stereocenters. The fraction of sp³-hybridized carbons (Fsp3) is 0.150. The van der Waals surface area contributed by atoms with Crippen LogP contribution in [0, 0.1) is 5.92 Å². The van der Waals surface area contributed by atoms with Crippen LogP contribution in [0.5, 0.6) is 0 Å². The summed E-state index contributed by atoms with van der Waals surface area (Å²) in [7, 11) is 1.29. The van der Waals surface area contributed by atoms with E-state index in [1.165, 1.54) is 7.11 Å². The maximum atomic E-state index is 13.1. The van der Waals surface area contributed by atoms with E-state index in [9.17, 15) is 9.59 Å². The van der Waals surface area contributed by atoms with E-state index in [4.69, 9.17) is 28.6 Å². The van der Waals surface area contributed by atoms with Gasteiger partial charge in [0.2, 0.25) is 5.91 Å². The lowest BCUT2D eigenvalue weighted by molar-refractivity contribution is -0.119. The van der Waals surface area contributed by atoms with Gasteiger partial charge in [-0.05, 0) is 42.0 Å². The predicted molar refractivity (Wildman–Crippen MR) is 112 cm³/mol. The molecule has 1 aliphatic rings. The van der Waals surface area contributed by atoms with Crippen molar-refractivity contribution in [3.05, 3.63) is 77.0 Å². The van der Waals surface area contributed by atoms with Crippen LogP contribution in [0.2, 0.25) is 5.02 Å². The summed E-state index contributed by atoms with van der Waals surface area (Å²) in [5.74, 6) is -1.56. The predicted octanol–water partition coefficient (Wildman–Crippen LogP) is 3.41. The molecule has 1 fully saturated rings. The van der Waals surface area contributed by atoms with Gasteiger partial charge in [0.1, 0.15) is 5.92 Å². The molecule has 144 valence electrons. The van der Waals surface area contributed by atoms with Crippen LogP contribution in [-0.4, -0.2) is 24.1 Å². The largest absolute Gasteiger partial charge is 0.465 e. The second kappa shape index (κ2) is 8.41. The van der Waals surface area contributed by atoms with Gasteiger partial charge in [-0.3, -0.25) is 4.79 Å². The van der Waals surface area contributed by atoms with Gasteiger partial charge in [-0.25, -0.2) is 4.79 Å². The first-order chi connectivity index (χ1) is 13.4. The van der Waals surface area contributed by atoms with Crippen molar-refractivity contribution in [2.24, 2.45) is 5.92 Å². The van der Waals surface area contributed by atoms with Gasteiger partial charge >= 0.3 is 5.97 Å². The van der Waals surface area contributed by atoms with Gasteiger partial charge in [0.25, 0.3) is 0 Å². The molecule has 0 aromatic heterocycles. The van der Waals surface area contributed by atoms with Crippen LogP contribution in [0.1, 0.15) is 22.0 Å². The minimum absolute atomic E-state index is 0.263. The minimum atomic E-state index is -0.682. The summed E-state index contributed by atoms with van der Waals surface area (Å²) in [5.41, 5.74) is 1.90. The number of thiocarbonyl (C=S) groups is 1. The normalized spacial score (nSPS) is 18.6. The topological polar surface area (TPSA) is 79.5 Å². The smallest absolute Gasteiger partial charge is 0.339 e. The summed E-state index contributed by atoms with van der Waals surface area (Å²) >= 11 is 11.2. The summed E-state index contributed by atoms with van der Waals surface area (Å²) in [6.07, 6.45) is 0. The van der Waals surface area contributed by atoms with Gasteiger partial charge in [0, 0.05) is 10.7 Å². The van der Waals surface area contributed by atoms with E-state index in [1.54, 1.807) is 36.4 Å². The third kappa shape index (κ3) is 4.16. The number of ether oxygens (including phenoxy) is 1. The number of benzene rings is 2. The molecule has 3 N–H and O–H groups in total. The molecule has 1 saturated heterocycles. The Bertz CT molecular complexity index is 946. The first kappa shape index (κ1) is 19.9. The molecule has 1 amide bonds. The van der Waals surface area contributed by atoms with Crippen LogP contribution in [0.4, 0.5) is 5.69 Å². The molecule has 0 saturated carbocycles. The third-order valence-electron chi connectivity index (χ3n) is 4.37. The lowest BCUT2D eigenvalue weighted by Gasteiger charge is -2.35. The number of halogens is 1. The highest BCUT2D eigenvalue weighted by Crippen LogP contribution is 2.31. The average Bonchev–Trinajstić information content (AvgIpc) is 2.67. The summed E-state index contributed by atoms with van der Waals surface area (Å²) < 4.78 is 4.78. The van der Waals surface area contributed by atoms with Crippen molar-refractivity contribution in [3.63, 3.8) is 0 Å². The van der Waals surface area contributed by atoms with Crippen LogP contribution in [0.25, 0.3) is 0 Å². The number of carbonyl (C=O) groups is 2. The summed E-state index contributed by atoms with van der Waals surface area (Å²) in [4.78, 5) is 25.1. The molecule has 28 heavy (non-hydrogen) atoms. The molecular formula is C20H18ClN3O3S. The first-order valence-electron chi connectivity index (χ1n) is 8.40. The maximum Gasteiger partial charge on any atom is 0.339 e. The Morgan fingerprint density at radius 2 is 1.86 bits per heavy atom. The van der Waals surface area contributed by atoms with E-state index < -0.39 is 17.9 Å². The molecule has 6 nitrogen and oxygen atoms in total. The number of carbonyl (C=O) groups excluding carboxylic acids is 2. The molecule has 1 aliphatic heterocycles. The Balaban J connectivity index is 1.92. The summed E-state index contributed by atoms with van der Waals surface area (Å²) in [6.45, 7) is 3.96. The van der Waals surface area contributed by atoms with Crippen molar-refractivity contribution in [3.8, 4) is 0 Å². The fourth-order valence-electron chi connectivity index (χ4n) is 3.03. The minimum Gasteiger partial charge on any atom is -0.465 e. The molecule has 8 heteroatoms. The lowest BCUT2D eigenvalue weighted by Crippen LogP contribution is -2.51. The zero-order valence-corrected chi connectivity index (χ0v) is 16.6. The number of nitrogens with one attached hydrogen (secondary N) is 3. The SMILES string of the molecule is C=C1NC(=S)N[C@@H](c2ccc(Cl)cc2)[C@@H]1C(=O)Nc1ccccc1C(=O)OC. The standard InChI is InChI=1S/C20H18ClN3O3S/c1-11-16(17(24-20(28)22-11)12-7-9-13(21)10-8-12)18(25)23-15-6-4-3-5-14(15)19(26)27-2/h3-10,16-17H,1H2,2H3,(H,23,25)(H2,22,24,28)/t16-,17+/m1/s1. The van der Waals surface area contributed by atoms with Gasteiger partial charge in [0.15, 0.2) is 5.11 Å². The van der Waals surface area contributed by atoms with Gasteiger partial charge in [-0.2, -0.15) is 0 Å².